The van der Waals surface area contributed by atoms with E-state index < -0.39 is 0 Å². The minimum atomic E-state index is -0.274. The SMILES string of the molecule is CCc1n[nH]c(=S)n1/N=C/c1ccc(OCc2ccc(F)cc2)c(OC)c1. The second-order valence-corrected chi connectivity index (χ2v) is 6.07. The van der Waals surface area contributed by atoms with Crippen molar-refractivity contribution in [2.45, 2.75) is 20.0 Å². The number of halogens is 1. The molecule has 1 N–H and O–H groups in total. The number of aromatic nitrogens is 3. The Labute approximate surface area is 161 Å². The van der Waals surface area contributed by atoms with Crippen molar-refractivity contribution in [3.63, 3.8) is 0 Å². The van der Waals surface area contributed by atoms with E-state index in [1.807, 2.05) is 19.1 Å². The summed E-state index contributed by atoms with van der Waals surface area (Å²) < 4.78 is 26.2. The van der Waals surface area contributed by atoms with Gasteiger partial charge in [-0.25, -0.2) is 4.39 Å². The van der Waals surface area contributed by atoms with E-state index in [0.29, 0.717) is 29.3 Å². The predicted octanol–water partition coefficient (Wildman–Crippen LogP) is 4.11. The van der Waals surface area contributed by atoms with Crippen LogP contribution in [0.25, 0.3) is 0 Å². The van der Waals surface area contributed by atoms with Gasteiger partial charge in [0, 0.05) is 6.42 Å². The average molecular weight is 386 g/mol. The zero-order chi connectivity index (χ0) is 19.2. The number of hydrogen-bond donors (Lipinski definition) is 1. The lowest BCUT2D eigenvalue weighted by molar-refractivity contribution is 0.284. The molecule has 0 saturated heterocycles. The number of aromatic amines is 1. The lowest BCUT2D eigenvalue weighted by atomic mass is 10.2. The fraction of sp³-hybridized carbons (Fsp3) is 0.211. The van der Waals surface area contributed by atoms with Crippen molar-refractivity contribution in [1.82, 2.24) is 14.9 Å². The van der Waals surface area contributed by atoms with E-state index in [9.17, 15) is 4.39 Å². The van der Waals surface area contributed by atoms with Crippen molar-refractivity contribution in [3.05, 3.63) is 70.0 Å². The average Bonchev–Trinajstić information content (AvgIpc) is 3.05. The highest BCUT2D eigenvalue weighted by molar-refractivity contribution is 7.71. The highest BCUT2D eigenvalue weighted by Gasteiger charge is 2.07. The third kappa shape index (κ3) is 4.59. The molecule has 140 valence electrons. The summed E-state index contributed by atoms with van der Waals surface area (Å²) in [6.45, 7) is 2.29. The maximum Gasteiger partial charge on any atom is 0.216 e. The summed E-state index contributed by atoms with van der Waals surface area (Å²) in [5, 5.41) is 11.2. The van der Waals surface area contributed by atoms with Crippen LogP contribution in [0.2, 0.25) is 0 Å². The molecule has 0 aliphatic heterocycles. The Hall–Kier alpha value is -3.00. The molecule has 8 heteroatoms. The van der Waals surface area contributed by atoms with Crippen LogP contribution >= 0.6 is 12.2 Å². The van der Waals surface area contributed by atoms with E-state index in [4.69, 9.17) is 21.7 Å². The monoisotopic (exact) mass is 386 g/mol. The van der Waals surface area contributed by atoms with Gasteiger partial charge in [-0.15, -0.1) is 0 Å². The molecule has 0 spiro atoms. The minimum absolute atomic E-state index is 0.274. The molecule has 0 aliphatic rings. The van der Waals surface area contributed by atoms with Crippen LogP contribution in [-0.2, 0) is 13.0 Å². The van der Waals surface area contributed by atoms with Crippen LogP contribution in [0.4, 0.5) is 4.39 Å². The largest absolute Gasteiger partial charge is 0.493 e. The van der Waals surface area contributed by atoms with Gasteiger partial charge in [-0.1, -0.05) is 19.1 Å². The Kier molecular flexibility index (Phi) is 5.97. The third-order valence-electron chi connectivity index (χ3n) is 3.85. The highest BCUT2D eigenvalue weighted by Crippen LogP contribution is 2.28. The number of H-pyrrole nitrogens is 1. The van der Waals surface area contributed by atoms with Gasteiger partial charge in [-0.2, -0.15) is 14.9 Å². The fourth-order valence-electron chi connectivity index (χ4n) is 2.42. The molecule has 27 heavy (non-hydrogen) atoms. The van der Waals surface area contributed by atoms with Gasteiger partial charge >= 0.3 is 0 Å². The van der Waals surface area contributed by atoms with Gasteiger partial charge in [0.25, 0.3) is 0 Å². The number of nitrogens with zero attached hydrogens (tertiary/aromatic N) is 3. The maximum atomic E-state index is 13.0. The summed E-state index contributed by atoms with van der Waals surface area (Å²) in [5.41, 5.74) is 1.69. The molecular formula is C19H19FN4O2S. The van der Waals surface area contributed by atoms with E-state index in [1.165, 1.54) is 12.1 Å². The third-order valence-corrected chi connectivity index (χ3v) is 4.12. The van der Waals surface area contributed by atoms with Crippen LogP contribution in [0, 0.1) is 10.6 Å². The van der Waals surface area contributed by atoms with Gasteiger partial charge < -0.3 is 9.47 Å². The Bertz CT molecular complexity index is 996. The number of ether oxygens (including phenoxy) is 2. The molecule has 0 atom stereocenters. The van der Waals surface area contributed by atoms with Crippen LogP contribution in [0.5, 0.6) is 11.5 Å². The van der Waals surface area contributed by atoms with Gasteiger partial charge in [-0.3, -0.25) is 5.10 Å². The van der Waals surface area contributed by atoms with Gasteiger partial charge in [-0.05, 0) is 53.7 Å². The van der Waals surface area contributed by atoms with Crippen molar-refractivity contribution in [2.75, 3.05) is 7.11 Å². The number of benzene rings is 2. The molecule has 3 rings (SSSR count). The molecule has 0 radical (unpaired) electrons. The van der Waals surface area contributed by atoms with E-state index in [2.05, 4.69) is 15.3 Å². The quantitative estimate of drug-likeness (QED) is 0.490. The summed E-state index contributed by atoms with van der Waals surface area (Å²) in [4.78, 5) is 0. The molecule has 0 fully saturated rings. The first-order valence-electron chi connectivity index (χ1n) is 8.36. The summed E-state index contributed by atoms with van der Waals surface area (Å²) in [5.74, 6) is 1.65. The molecule has 0 unspecified atom stereocenters. The first kappa shape index (κ1) is 18.8. The van der Waals surface area contributed by atoms with E-state index in [0.717, 1.165) is 17.0 Å². The van der Waals surface area contributed by atoms with E-state index in [-0.39, 0.29) is 5.82 Å². The van der Waals surface area contributed by atoms with Crippen molar-refractivity contribution in [3.8, 4) is 11.5 Å². The first-order valence-corrected chi connectivity index (χ1v) is 8.77. The van der Waals surface area contributed by atoms with Crippen molar-refractivity contribution in [2.24, 2.45) is 5.10 Å². The number of methoxy groups -OCH3 is 1. The normalized spacial score (nSPS) is 11.1. The molecule has 3 aromatic rings. The fourth-order valence-corrected chi connectivity index (χ4v) is 2.62. The predicted molar refractivity (Wildman–Crippen MR) is 104 cm³/mol. The first-order chi connectivity index (χ1) is 13.1. The zero-order valence-corrected chi connectivity index (χ0v) is 15.8. The van der Waals surface area contributed by atoms with Gasteiger partial charge in [0.2, 0.25) is 4.77 Å². The van der Waals surface area contributed by atoms with Crippen LogP contribution < -0.4 is 9.47 Å². The van der Waals surface area contributed by atoms with Gasteiger partial charge in [0.05, 0.1) is 13.3 Å². The molecule has 6 nitrogen and oxygen atoms in total. The number of nitrogens with one attached hydrogen (secondary N) is 1. The number of rotatable bonds is 7. The Morgan fingerprint density at radius 3 is 2.70 bits per heavy atom. The molecule has 1 aromatic heterocycles. The van der Waals surface area contributed by atoms with Crippen molar-refractivity contribution < 1.29 is 13.9 Å². The molecule has 0 bridgehead atoms. The molecule has 0 saturated carbocycles. The second kappa shape index (κ2) is 8.59. The Morgan fingerprint density at radius 2 is 2.00 bits per heavy atom. The summed E-state index contributed by atoms with van der Waals surface area (Å²) >= 11 is 5.18. The molecule has 0 aliphatic carbocycles. The van der Waals surface area contributed by atoms with Crippen LogP contribution in [0.1, 0.15) is 23.9 Å². The van der Waals surface area contributed by atoms with Crippen LogP contribution in [0.3, 0.4) is 0 Å². The summed E-state index contributed by atoms with van der Waals surface area (Å²) in [6.07, 6.45) is 2.39. The lowest BCUT2D eigenvalue weighted by Gasteiger charge is -2.11. The minimum Gasteiger partial charge on any atom is -0.493 e. The smallest absolute Gasteiger partial charge is 0.216 e. The molecule has 1 heterocycles. The lowest BCUT2D eigenvalue weighted by Crippen LogP contribution is -1.99. The second-order valence-electron chi connectivity index (χ2n) is 5.68. The standard InChI is InChI=1S/C19H19FN4O2S/c1-3-18-22-23-19(27)24(18)21-11-14-6-9-16(17(10-14)25-2)26-12-13-4-7-15(20)8-5-13/h4-11H,3,12H2,1-2H3,(H,23,27)/b21-11+. The van der Waals surface area contributed by atoms with Crippen LogP contribution in [0.15, 0.2) is 47.6 Å². The molecule has 2 aromatic carbocycles. The molecule has 0 amide bonds. The van der Waals surface area contributed by atoms with Crippen LogP contribution in [-0.4, -0.2) is 28.2 Å². The highest BCUT2D eigenvalue weighted by atomic mass is 32.1. The zero-order valence-electron chi connectivity index (χ0n) is 15.0. The topological polar surface area (TPSA) is 64.4 Å². The Balaban J connectivity index is 1.75. The van der Waals surface area contributed by atoms with E-state index >= 15 is 0 Å². The number of aryl methyl sites for hydroxylation is 1. The number of hydrogen-bond acceptors (Lipinski definition) is 5. The van der Waals surface area contributed by atoms with Crippen molar-refractivity contribution in [1.29, 1.82) is 0 Å². The maximum absolute atomic E-state index is 13.0. The van der Waals surface area contributed by atoms with E-state index in [1.54, 1.807) is 36.2 Å². The Morgan fingerprint density at radius 1 is 1.22 bits per heavy atom. The summed E-state index contributed by atoms with van der Waals surface area (Å²) in [6, 6.07) is 11.7. The van der Waals surface area contributed by atoms with Gasteiger partial charge in [0.1, 0.15) is 12.4 Å². The van der Waals surface area contributed by atoms with Crippen molar-refractivity contribution >= 4 is 18.4 Å². The van der Waals surface area contributed by atoms with Gasteiger partial charge in [0.15, 0.2) is 17.3 Å². The molecular weight excluding hydrogens is 367 g/mol. The summed E-state index contributed by atoms with van der Waals surface area (Å²) in [7, 11) is 1.57.